The number of hydrogen-bond donors (Lipinski definition) is 2. The molecule has 0 radical (unpaired) electrons. The van der Waals surface area contributed by atoms with E-state index in [1.165, 1.54) is 0 Å². The third-order valence-corrected chi connectivity index (χ3v) is 1.62. The van der Waals surface area contributed by atoms with Gasteiger partial charge in [-0.15, -0.1) is 0 Å². The van der Waals surface area contributed by atoms with Gasteiger partial charge in [0.05, 0.1) is 0 Å². The Morgan fingerprint density at radius 1 is 1.50 bits per heavy atom. The molecule has 0 amide bonds. The maximum absolute atomic E-state index is 5.71. The van der Waals surface area contributed by atoms with Crippen molar-refractivity contribution in [3.05, 3.63) is 0 Å². The molecule has 0 rings (SSSR count). The summed E-state index contributed by atoms with van der Waals surface area (Å²) in [6, 6.07) is 0. The molecule has 2 heteroatoms. The Morgan fingerprint density at radius 2 is 1.88 bits per heavy atom. The van der Waals surface area contributed by atoms with Gasteiger partial charge in [0.1, 0.15) is 0 Å². The maximum atomic E-state index is 5.71. The lowest BCUT2D eigenvalue weighted by Crippen LogP contribution is -2.42. The van der Waals surface area contributed by atoms with Gasteiger partial charge in [-0.2, -0.15) is 0 Å². The summed E-state index contributed by atoms with van der Waals surface area (Å²) in [6.07, 6.45) is 0. The molecule has 50 valence electrons. The third-order valence-electron chi connectivity index (χ3n) is 1.62. The Balaban J connectivity index is 3.62. The minimum atomic E-state index is -0.116. The summed E-state index contributed by atoms with van der Waals surface area (Å²) in [5, 5.41) is 0. The van der Waals surface area contributed by atoms with Crippen LogP contribution in [-0.4, -0.2) is 12.1 Å². The van der Waals surface area contributed by atoms with E-state index in [0.717, 1.165) is 0 Å². The van der Waals surface area contributed by atoms with Crippen molar-refractivity contribution >= 4 is 0 Å². The second-order valence-corrected chi connectivity index (χ2v) is 2.96. The van der Waals surface area contributed by atoms with Crippen LogP contribution < -0.4 is 11.5 Å². The van der Waals surface area contributed by atoms with Crippen molar-refractivity contribution in [2.45, 2.75) is 26.3 Å². The van der Waals surface area contributed by atoms with Gasteiger partial charge in [0.2, 0.25) is 0 Å². The van der Waals surface area contributed by atoms with Gasteiger partial charge in [0.15, 0.2) is 0 Å². The molecule has 0 aliphatic heterocycles. The zero-order valence-electron chi connectivity index (χ0n) is 5.94. The quantitative estimate of drug-likeness (QED) is 0.546. The van der Waals surface area contributed by atoms with Gasteiger partial charge in [-0.05, 0) is 26.3 Å². The first-order chi connectivity index (χ1) is 3.48. The summed E-state index contributed by atoms with van der Waals surface area (Å²) in [5.41, 5.74) is 11.0. The third kappa shape index (κ3) is 2.28. The normalized spacial score (nSPS) is 16.1. The van der Waals surface area contributed by atoms with Crippen LogP contribution in [0.3, 0.4) is 0 Å². The molecule has 0 aromatic heterocycles. The molecular formula is C6H16N2. The predicted molar refractivity (Wildman–Crippen MR) is 36.5 cm³/mol. The van der Waals surface area contributed by atoms with Gasteiger partial charge < -0.3 is 11.5 Å². The second kappa shape index (κ2) is 2.46. The van der Waals surface area contributed by atoms with E-state index in [0.29, 0.717) is 12.5 Å². The number of nitrogens with two attached hydrogens (primary N) is 2. The average molecular weight is 116 g/mol. The molecule has 0 bridgehead atoms. The van der Waals surface area contributed by atoms with Crippen molar-refractivity contribution in [1.82, 2.24) is 0 Å². The van der Waals surface area contributed by atoms with Crippen LogP contribution in [0, 0.1) is 5.92 Å². The van der Waals surface area contributed by atoms with Crippen molar-refractivity contribution in [3.8, 4) is 0 Å². The molecule has 0 aromatic rings. The van der Waals surface area contributed by atoms with Crippen molar-refractivity contribution in [3.63, 3.8) is 0 Å². The molecule has 1 unspecified atom stereocenters. The topological polar surface area (TPSA) is 52.0 Å². The molecule has 4 N–H and O–H groups in total. The Hall–Kier alpha value is -0.0800. The van der Waals surface area contributed by atoms with Crippen LogP contribution in [0.25, 0.3) is 0 Å². The highest BCUT2D eigenvalue weighted by molar-refractivity contribution is 4.78. The van der Waals surface area contributed by atoms with Gasteiger partial charge in [-0.25, -0.2) is 0 Å². The first-order valence-corrected chi connectivity index (χ1v) is 2.97. The molecule has 0 aliphatic rings. The summed E-state index contributed by atoms with van der Waals surface area (Å²) in [6.45, 7) is 6.71. The van der Waals surface area contributed by atoms with Crippen molar-refractivity contribution < 1.29 is 0 Å². The Labute approximate surface area is 51.2 Å². The minimum absolute atomic E-state index is 0.116. The standard InChI is InChI=1S/C6H16N2/c1-5(4-7)6(2,3)8/h5H,4,7-8H2,1-3H3. The van der Waals surface area contributed by atoms with Gasteiger partial charge in [-0.1, -0.05) is 6.92 Å². The Kier molecular flexibility index (Phi) is 2.44. The summed E-state index contributed by atoms with van der Waals surface area (Å²) < 4.78 is 0. The van der Waals surface area contributed by atoms with E-state index in [1.807, 2.05) is 13.8 Å². The largest absolute Gasteiger partial charge is 0.330 e. The molecule has 8 heavy (non-hydrogen) atoms. The van der Waals surface area contributed by atoms with E-state index in [2.05, 4.69) is 6.92 Å². The maximum Gasteiger partial charge on any atom is 0.0135 e. The average Bonchev–Trinajstić information content (AvgIpc) is 1.62. The van der Waals surface area contributed by atoms with Gasteiger partial charge in [0.25, 0.3) is 0 Å². The van der Waals surface area contributed by atoms with Crippen LogP contribution in [0.1, 0.15) is 20.8 Å². The Bertz CT molecular complexity index is 63.4. The molecule has 0 fully saturated rings. The molecule has 0 heterocycles. The fraction of sp³-hybridized carbons (Fsp3) is 1.00. The van der Waals surface area contributed by atoms with Crippen molar-refractivity contribution in [2.24, 2.45) is 17.4 Å². The van der Waals surface area contributed by atoms with Crippen LogP contribution >= 0.6 is 0 Å². The number of rotatable bonds is 2. The van der Waals surface area contributed by atoms with Gasteiger partial charge in [0, 0.05) is 5.54 Å². The molecule has 0 aromatic carbocycles. The van der Waals surface area contributed by atoms with E-state index in [4.69, 9.17) is 11.5 Å². The highest BCUT2D eigenvalue weighted by Gasteiger charge is 2.17. The van der Waals surface area contributed by atoms with Gasteiger partial charge in [-0.3, -0.25) is 0 Å². The monoisotopic (exact) mass is 116 g/mol. The van der Waals surface area contributed by atoms with Crippen molar-refractivity contribution in [2.75, 3.05) is 6.54 Å². The lowest BCUT2D eigenvalue weighted by atomic mass is 9.91. The van der Waals surface area contributed by atoms with Crippen LogP contribution in [0.4, 0.5) is 0 Å². The lowest BCUT2D eigenvalue weighted by Gasteiger charge is -2.25. The first kappa shape index (κ1) is 7.92. The van der Waals surface area contributed by atoms with Crippen LogP contribution in [0.15, 0.2) is 0 Å². The number of hydrogen-bond acceptors (Lipinski definition) is 2. The molecule has 0 saturated carbocycles. The predicted octanol–water partition coefficient (Wildman–Crippen LogP) is 0.319. The zero-order valence-corrected chi connectivity index (χ0v) is 5.94. The van der Waals surface area contributed by atoms with Crippen LogP contribution in [0.2, 0.25) is 0 Å². The van der Waals surface area contributed by atoms with E-state index >= 15 is 0 Å². The Morgan fingerprint density at radius 3 is 1.88 bits per heavy atom. The summed E-state index contributed by atoms with van der Waals surface area (Å²) in [5.74, 6) is 0.405. The van der Waals surface area contributed by atoms with Gasteiger partial charge >= 0.3 is 0 Å². The highest BCUT2D eigenvalue weighted by Crippen LogP contribution is 2.09. The van der Waals surface area contributed by atoms with Crippen molar-refractivity contribution in [1.29, 1.82) is 0 Å². The molecular weight excluding hydrogens is 100 g/mol. The lowest BCUT2D eigenvalue weighted by molar-refractivity contribution is 0.354. The second-order valence-electron chi connectivity index (χ2n) is 2.96. The molecule has 0 saturated heterocycles. The van der Waals surface area contributed by atoms with Crippen LogP contribution in [-0.2, 0) is 0 Å². The van der Waals surface area contributed by atoms with E-state index < -0.39 is 0 Å². The van der Waals surface area contributed by atoms with Crippen LogP contribution in [0.5, 0.6) is 0 Å². The molecule has 0 spiro atoms. The summed E-state index contributed by atoms with van der Waals surface area (Å²) in [7, 11) is 0. The summed E-state index contributed by atoms with van der Waals surface area (Å²) >= 11 is 0. The highest BCUT2D eigenvalue weighted by atomic mass is 14.7. The molecule has 1 atom stereocenters. The fourth-order valence-corrected chi connectivity index (χ4v) is 0.304. The van der Waals surface area contributed by atoms with E-state index in [9.17, 15) is 0 Å². The summed E-state index contributed by atoms with van der Waals surface area (Å²) in [4.78, 5) is 0. The SMILES string of the molecule is CC(CN)C(C)(C)N. The zero-order chi connectivity index (χ0) is 6.78. The smallest absolute Gasteiger partial charge is 0.0135 e. The van der Waals surface area contributed by atoms with E-state index in [1.54, 1.807) is 0 Å². The minimum Gasteiger partial charge on any atom is -0.330 e. The molecule has 0 aliphatic carbocycles. The fourth-order valence-electron chi connectivity index (χ4n) is 0.304. The molecule has 2 nitrogen and oxygen atoms in total. The first-order valence-electron chi connectivity index (χ1n) is 2.97. The van der Waals surface area contributed by atoms with E-state index in [-0.39, 0.29) is 5.54 Å².